The molecule has 0 aliphatic carbocycles. The van der Waals surface area contributed by atoms with Crippen molar-refractivity contribution >= 4 is 11.6 Å². The third kappa shape index (κ3) is 3.25. The first kappa shape index (κ1) is 13.4. The van der Waals surface area contributed by atoms with Crippen LogP contribution in [-0.4, -0.2) is 15.9 Å². The molecule has 0 bridgehead atoms. The highest BCUT2D eigenvalue weighted by atomic mass is 35.5. The maximum absolute atomic E-state index is 12.1. The Hall–Kier alpha value is -2.02. The van der Waals surface area contributed by atoms with Gasteiger partial charge in [-0.25, -0.2) is 4.98 Å². The number of rotatable bonds is 2. The topological polar surface area (TPSA) is 44.1 Å². The molecule has 0 atom stereocenters. The molecule has 0 fully saturated rings. The van der Waals surface area contributed by atoms with Gasteiger partial charge in [-0.3, -0.25) is 9.36 Å². The van der Waals surface area contributed by atoms with Crippen LogP contribution in [0.15, 0.2) is 41.5 Å². The Morgan fingerprint density at radius 3 is 2.74 bits per heavy atom. The van der Waals surface area contributed by atoms with Crippen molar-refractivity contribution in [2.75, 3.05) is 0 Å². The van der Waals surface area contributed by atoms with Crippen molar-refractivity contribution in [2.45, 2.75) is 6.36 Å². The van der Waals surface area contributed by atoms with Gasteiger partial charge >= 0.3 is 6.36 Å². The van der Waals surface area contributed by atoms with E-state index in [0.717, 1.165) is 16.7 Å². The summed E-state index contributed by atoms with van der Waals surface area (Å²) in [6.07, 6.45) is -2.23. The van der Waals surface area contributed by atoms with E-state index < -0.39 is 17.7 Å². The molecule has 0 radical (unpaired) electrons. The molecule has 1 aromatic heterocycles. The fraction of sp³-hybridized carbons (Fsp3) is 0.0909. The predicted octanol–water partition coefficient (Wildman–Crippen LogP) is 2.78. The third-order valence-electron chi connectivity index (χ3n) is 2.13. The van der Waals surface area contributed by atoms with E-state index in [1.54, 1.807) is 0 Å². The average Bonchev–Trinajstić information content (AvgIpc) is 2.31. The van der Waals surface area contributed by atoms with Gasteiger partial charge in [-0.15, -0.1) is 13.2 Å². The molecule has 1 aromatic carbocycles. The molecule has 19 heavy (non-hydrogen) atoms. The highest BCUT2D eigenvalue weighted by Crippen LogP contribution is 2.24. The summed E-state index contributed by atoms with van der Waals surface area (Å²) in [4.78, 5) is 15.2. The van der Waals surface area contributed by atoms with Crippen LogP contribution in [0.5, 0.6) is 5.75 Å². The first-order valence-corrected chi connectivity index (χ1v) is 5.34. The smallest absolute Gasteiger partial charge is 0.406 e. The second kappa shape index (κ2) is 4.93. The minimum atomic E-state index is -4.79. The minimum Gasteiger partial charge on any atom is -0.406 e. The lowest BCUT2D eigenvalue weighted by atomic mass is 10.3. The number of nitrogens with zero attached hydrogens (tertiary/aromatic N) is 2. The zero-order valence-corrected chi connectivity index (χ0v) is 9.94. The standard InChI is InChI=1S/C11H6ClF3N2O2/c12-9-10(18)17(5-4-16-9)7-2-1-3-8(6-7)19-11(13,14)15/h1-6H. The molecule has 4 nitrogen and oxygen atoms in total. The molecule has 2 aromatic rings. The van der Waals surface area contributed by atoms with E-state index in [1.807, 2.05) is 0 Å². The quantitative estimate of drug-likeness (QED) is 0.854. The van der Waals surface area contributed by atoms with E-state index in [0.29, 0.717) is 0 Å². The van der Waals surface area contributed by atoms with Crippen molar-refractivity contribution in [3.8, 4) is 11.4 Å². The fourth-order valence-corrected chi connectivity index (χ4v) is 1.57. The Bertz CT molecular complexity index is 655. The van der Waals surface area contributed by atoms with E-state index in [9.17, 15) is 18.0 Å². The van der Waals surface area contributed by atoms with Crippen LogP contribution in [0, 0.1) is 0 Å². The van der Waals surface area contributed by atoms with E-state index >= 15 is 0 Å². The molecule has 0 unspecified atom stereocenters. The third-order valence-corrected chi connectivity index (χ3v) is 2.39. The molecule has 0 spiro atoms. The van der Waals surface area contributed by atoms with Gasteiger partial charge in [-0.1, -0.05) is 17.7 Å². The highest BCUT2D eigenvalue weighted by molar-refractivity contribution is 6.29. The van der Waals surface area contributed by atoms with Gasteiger partial charge in [0.25, 0.3) is 5.56 Å². The molecule has 1 heterocycles. The van der Waals surface area contributed by atoms with Crippen molar-refractivity contribution in [1.29, 1.82) is 0 Å². The maximum Gasteiger partial charge on any atom is 0.573 e. The summed E-state index contributed by atoms with van der Waals surface area (Å²) in [5.41, 5.74) is -0.440. The zero-order valence-electron chi connectivity index (χ0n) is 9.19. The van der Waals surface area contributed by atoms with Gasteiger partial charge in [0, 0.05) is 18.5 Å². The lowest BCUT2D eigenvalue weighted by Gasteiger charge is -2.11. The number of aromatic nitrogens is 2. The SMILES string of the molecule is O=c1c(Cl)nccn1-c1cccc(OC(F)(F)F)c1. The van der Waals surface area contributed by atoms with Gasteiger partial charge in [0.05, 0.1) is 5.69 Å². The van der Waals surface area contributed by atoms with E-state index in [-0.39, 0.29) is 10.8 Å². The van der Waals surface area contributed by atoms with E-state index in [2.05, 4.69) is 9.72 Å². The largest absolute Gasteiger partial charge is 0.573 e. The first-order chi connectivity index (χ1) is 8.87. The Morgan fingerprint density at radius 2 is 2.05 bits per heavy atom. The lowest BCUT2D eigenvalue weighted by molar-refractivity contribution is -0.274. The van der Waals surface area contributed by atoms with Gasteiger partial charge in [0.15, 0.2) is 5.15 Å². The van der Waals surface area contributed by atoms with Gasteiger partial charge in [0.1, 0.15) is 5.75 Å². The van der Waals surface area contributed by atoms with Crippen LogP contribution in [0.3, 0.4) is 0 Å². The van der Waals surface area contributed by atoms with Gasteiger partial charge in [-0.05, 0) is 12.1 Å². The maximum atomic E-state index is 12.1. The number of hydrogen-bond donors (Lipinski definition) is 0. The molecule has 0 saturated carbocycles. The summed E-state index contributed by atoms with van der Waals surface area (Å²) in [5.74, 6) is -0.426. The average molecular weight is 291 g/mol. The van der Waals surface area contributed by atoms with Crippen LogP contribution in [0.2, 0.25) is 5.15 Å². The van der Waals surface area contributed by atoms with Crippen molar-refractivity contribution in [2.24, 2.45) is 0 Å². The summed E-state index contributed by atoms with van der Waals surface area (Å²) >= 11 is 5.55. The molecule has 100 valence electrons. The zero-order chi connectivity index (χ0) is 14.0. The van der Waals surface area contributed by atoms with Crippen LogP contribution in [0.4, 0.5) is 13.2 Å². The van der Waals surface area contributed by atoms with E-state index in [1.165, 1.54) is 24.5 Å². The van der Waals surface area contributed by atoms with Crippen molar-refractivity contribution in [3.05, 3.63) is 52.2 Å². The molecule has 2 rings (SSSR count). The lowest BCUT2D eigenvalue weighted by Crippen LogP contribution is -2.20. The number of halogens is 4. The van der Waals surface area contributed by atoms with Crippen LogP contribution < -0.4 is 10.3 Å². The second-order valence-corrected chi connectivity index (χ2v) is 3.80. The molecular formula is C11H6ClF3N2O2. The molecule has 0 aliphatic rings. The summed E-state index contributed by atoms with van der Waals surface area (Å²) in [5, 5.41) is -0.273. The van der Waals surface area contributed by atoms with Gasteiger partial charge in [0.2, 0.25) is 0 Å². The van der Waals surface area contributed by atoms with Crippen LogP contribution >= 0.6 is 11.6 Å². The Kier molecular flexibility index (Phi) is 3.48. The first-order valence-electron chi connectivity index (χ1n) is 4.96. The molecule has 8 heteroatoms. The monoisotopic (exact) mass is 290 g/mol. The van der Waals surface area contributed by atoms with Crippen molar-refractivity contribution < 1.29 is 17.9 Å². The van der Waals surface area contributed by atoms with Gasteiger partial charge < -0.3 is 4.74 Å². The van der Waals surface area contributed by atoms with Crippen molar-refractivity contribution in [1.82, 2.24) is 9.55 Å². The summed E-state index contributed by atoms with van der Waals surface area (Å²) < 4.78 is 41.1. The van der Waals surface area contributed by atoms with Gasteiger partial charge in [-0.2, -0.15) is 0 Å². The van der Waals surface area contributed by atoms with Crippen LogP contribution in [0.25, 0.3) is 5.69 Å². The van der Waals surface area contributed by atoms with Crippen molar-refractivity contribution in [3.63, 3.8) is 0 Å². The molecule has 0 aliphatic heterocycles. The molecular weight excluding hydrogens is 285 g/mol. The summed E-state index contributed by atoms with van der Waals surface area (Å²) in [6.45, 7) is 0. The minimum absolute atomic E-state index is 0.191. The molecule has 0 saturated heterocycles. The highest BCUT2D eigenvalue weighted by Gasteiger charge is 2.31. The Morgan fingerprint density at radius 1 is 1.32 bits per heavy atom. The fourth-order valence-electron chi connectivity index (χ4n) is 1.42. The second-order valence-electron chi connectivity index (χ2n) is 3.44. The molecule has 0 N–H and O–H groups in total. The van der Waals surface area contributed by atoms with Crippen LogP contribution in [0.1, 0.15) is 0 Å². The Balaban J connectivity index is 2.44. The normalized spacial score (nSPS) is 11.4. The number of alkyl halides is 3. The van der Waals surface area contributed by atoms with Crippen LogP contribution in [-0.2, 0) is 0 Å². The predicted molar refractivity (Wildman–Crippen MR) is 61.5 cm³/mol. The molecule has 0 amide bonds. The number of hydrogen-bond acceptors (Lipinski definition) is 3. The van der Waals surface area contributed by atoms with E-state index in [4.69, 9.17) is 11.6 Å². The number of ether oxygens (including phenoxy) is 1. The number of benzene rings is 1. The summed E-state index contributed by atoms with van der Waals surface area (Å²) in [7, 11) is 0. The summed E-state index contributed by atoms with van der Waals surface area (Å²) in [6, 6.07) is 4.98. The Labute approximate surface area is 110 Å².